The summed E-state index contributed by atoms with van der Waals surface area (Å²) in [7, 11) is 1.64. The summed E-state index contributed by atoms with van der Waals surface area (Å²) in [6.45, 7) is 2.37. The van der Waals surface area contributed by atoms with Crippen molar-refractivity contribution in [1.29, 1.82) is 0 Å². The SMILES string of the molecule is COCCCNC(=O)OC1(c2ccccc2)CCN(C(=O)C2CCCCC2)CC1. The van der Waals surface area contributed by atoms with E-state index in [1.807, 2.05) is 35.2 Å². The number of methoxy groups -OCH3 is 1. The monoisotopic (exact) mass is 402 g/mol. The molecule has 1 saturated carbocycles. The minimum atomic E-state index is -0.685. The Kier molecular flexibility index (Phi) is 7.92. The number of amides is 2. The summed E-state index contributed by atoms with van der Waals surface area (Å²) >= 11 is 0. The molecule has 0 aromatic heterocycles. The van der Waals surface area contributed by atoms with E-state index in [1.165, 1.54) is 6.42 Å². The van der Waals surface area contributed by atoms with Crippen LogP contribution in [0.1, 0.15) is 56.9 Å². The summed E-state index contributed by atoms with van der Waals surface area (Å²) in [5.74, 6) is 0.466. The first-order valence-corrected chi connectivity index (χ1v) is 10.9. The van der Waals surface area contributed by atoms with Crippen molar-refractivity contribution in [3.05, 3.63) is 35.9 Å². The van der Waals surface area contributed by atoms with E-state index in [2.05, 4.69) is 5.32 Å². The van der Waals surface area contributed by atoms with Crippen LogP contribution < -0.4 is 5.32 Å². The summed E-state index contributed by atoms with van der Waals surface area (Å²) in [6, 6.07) is 9.92. The lowest BCUT2D eigenvalue weighted by molar-refractivity contribution is -0.141. The predicted octanol–water partition coefficient (Wildman–Crippen LogP) is 3.85. The van der Waals surface area contributed by atoms with E-state index in [4.69, 9.17) is 9.47 Å². The number of carbonyl (C=O) groups excluding carboxylic acids is 2. The second-order valence-corrected chi connectivity index (χ2v) is 8.18. The van der Waals surface area contributed by atoms with Gasteiger partial charge in [-0.25, -0.2) is 4.79 Å². The topological polar surface area (TPSA) is 67.9 Å². The van der Waals surface area contributed by atoms with Crippen LogP contribution in [0.4, 0.5) is 4.79 Å². The smallest absolute Gasteiger partial charge is 0.408 e. The number of hydrogen-bond donors (Lipinski definition) is 1. The van der Waals surface area contributed by atoms with Gasteiger partial charge >= 0.3 is 6.09 Å². The van der Waals surface area contributed by atoms with Crippen molar-refractivity contribution in [2.45, 2.75) is 57.0 Å². The van der Waals surface area contributed by atoms with E-state index in [1.54, 1.807) is 7.11 Å². The number of piperidine rings is 1. The van der Waals surface area contributed by atoms with Crippen LogP contribution in [0.2, 0.25) is 0 Å². The van der Waals surface area contributed by atoms with Gasteiger partial charge in [0.25, 0.3) is 0 Å². The molecule has 2 fully saturated rings. The minimum absolute atomic E-state index is 0.179. The van der Waals surface area contributed by atoms with E-state index in [9.17, 15) is 9.59 Å². The highest BCUT2D eigenvalue weighted by Gasteiger charge is 2.41. The largest absolute Gasteiger partial charge is 0.438 e. The van der Waals surface area contributed by atoms with Crippen molar-refractivity contribution in [3.8, 4) is 0 Å². The van der Waals surface area contributed by atoms with Crippen LogP contribution >= 0.6 is 0 Å². The van der Waals surface area contributed by atoms with Crippen molar-refractivity contribution in [1.82, 2.24) is 10.2 Å². The molecule has 6 heteroatoms. The summed E-state index contributed by atoms with van der Waals surface area (Å²) < 4.78 is 11.0. The first-order valence-electron chi connectivity index (χ1n) is 10.9. The molecule has 1 aromatic rings. The number of carbonyl (C=O) groups is 2. The maximum atomic E-state index is 12.9. The molecule has 6 nitrogen and oxygen atoms in total. The molecule has 1 saturated heterocycles. The molecule has 1 aliphatic carbocycles. The maximum absolute atomic E-state index is 12.9. The molecule has 29 heavy (non-hydrogen) atoms. The van der Waals surface area contributed by atoms with Crippen molar-refractivity contribution >= 4 is 12.0 Å². The summed E-state index contributed by atoms with van der Waals surface area (Å²) in [5.41, 5.74) is 0.312. The second kappa shape index (κ2) is 10.6. The van der Waals surface area contributed by atoms with E-state index >= 15 is 0 Å². The van der Waals surface area contributed by atoms with Crippen LogP contribution in [-0.4, -0.2) is 50.3 Å². The summed E-state index contributed by atoms with van der Waals surface area (Å²) in [5, 5.41) is 2.82. The highest BCUT2D eigenvalue weighted by molar-refractivity contribution is 5.79. The quantitative estimate of drug-likeness (QED) is 0.704. The predicted molar refractivity (Wildman–Crippen MR) is 111 cm³/mol. The van der Waals surface area contributed by atoms with E-state index in [0.717, 1.165) is 37.7 Å². The van der Waals surface area contributed by atoms with Crippen LogP contribution in [-0.2, 0) is 19.9 Å². The number of nitrogens with zero attached hydrogens (tertiary/aromatic N) is 1. The van der Waals surface area contributed by atoms with Crippen LogP contribution in [0, 0.1) is 5.92 Å². The Balaban J connectivity index is 1.63. The van der Waals surface area contributed by atoms with Gasteiger partial charge in [0, 0.05) is 52.1 Å². The zero-order valence-electron chi connectivity index (χ0n) is 17.5. The molecule has 1 N–H and O–H groups in total. The zero-order valence-corrected chi connectivity index (χ0v) is 17.5. The summed E-state index contributed by atoms with van der Waals surface area (Å²) in [4.78, 5) is 27.4. The van der Waals surface area contributed by atoms with Gasteiger partial charge in [0.2, 0.25) is 5.91 Å². The van der Waals surface area contributed by atoms with Crippen molar-refractivity contribution in [3.63, 3.8) is 0 Å². The van der Waals surface area contributed by atoms with Crippen molar-refractivity contribution in [2.75, 3.05) is 33.4 Å². The normalized spacial score (nSPS) is 19.6. The molecule has 2 aliphatic rings. The average molecular weight is 403 g/mol. The molecule has 2 amide bonds. The number of rotatable bonds is 7. The van der Waals surface area contributed by atoms with E-state index in [0.29, 0.717) is 39.1 Å². The molecular weight excluding hydrogens is 368 g/mol. The van der Waals surface area contributed by atoms with Gasteiger partial charge in [0.1, 0.15) is 5.60 Å². The third-order valence-corrected chi connectivity index (χ3v) is 6.22. The number of hydrogen-bond acceptors (Lipinski definition) is 4. The average Bonchev–Trinajstić information content (AvgIpc) is 2.78. The number of alkyl carbamates (subject to hydrolysis) is 1. The van der Waals surface area contributed by atoms with Crippen molar-refractivity contribution in [2.24, 2.45) is 5.92 Å². The van der Waals surface area contributed by atoms with E-state index < -0.39 is 11.7 Å². The number of benzene rings is 1. The first kappa shape index (κ1) is 21.6. The first-order chi connectivity index (χ1) is 14.1. The zero-order chi connectivity index (χ0) is 20.5. The van der Waals surface area contributed by atoms with Gasteiger partial charge in [-0.1, -0.05) is 49.6 Å². The Morgan fingerprint density at radius 1 is 1.10 bits per heavy atom. The highest BCUT2D eigenvalue weighted by atomic mass is 16.6. The van der Waals surface area contributed by atoms with Gasteiger partial charge in [0.15, 0.2) is 0 Å². The number of likely N-dealkylation sites (tertiary alicyclic amines) is 1. The second-order valence-electron chi connectivity index (χ2n) is 8.18. The van der Waals surface area contributed by atoms with Crippen LogP contribution in [0.5, 0.6) is 0 Å². The lowest BCUT2D eigenvalue weighted by Gasteiger charge is -2.42. The Labute approximate surface area is 173 Å². The molecule has 1 aliphatic heterocycles. The molecule has 1 aromatic carbocycles. The van der Waals surface area contributed by atoms with Gasteiger partial charge in [-0.3, -0.25) is 4.79 Å². The summed E-state index contributed by atoms with van der Waals surface area (Å²) in [6.07, 6.45) is 7.18. The number of ether oxygens (including phenoxy) is 2. The standard InChI is InChI=1S/C23H34N2O4/c1-28-18-8-15-24-22(27)29-23(20-11-6-3-7-12-20)13-16-25(17-14-23)21(26)19-9-4-2-5-10-19/h3,6-7,11-12,19H,2,4-5,8-10,13-18H2,1H3,(H,24,27). The van der Waals surface area contributed by atoms with E-state index in [-0.39, 0.29) is 11.8 Å². The minimum Gasteiger partial charge on any atom is -0.438 e. The van der Waals surface area contributed by atoms with Crippen LogP contribution in [0.3, 0.4) is 0 Å². The van der Waals surface area contributed by atoms with Crippen molar-refractivity contribution < 1.29 is 19.1 Å². The molecule has 0 bridgehead atoms. The third kappa shape index (κ3) is 5.72. The fraction of sp³-hybridized carbons (Fsp3) is 0.652. The van der Waals surface area contributed by atoms with Gasteiger partial charge < -0.3 is 19.7 Å². The van der Waals surface area contributed by atoms with Gasteiger partial charge in [-0.2, -0.15) is 0 Å². The van der Waals surface area contributed by atoms with Gasteiger partial charge in [-0.05, 0) is 24.8 Å². The van der Waals surface area contributed by atoms with Crippen LogP contribution in [0.15, 0.2) is 30.3 Å². The number of nitrogens with one attached hydrogen (secondary N) is 1. The molecule has 0 radical (unpaired) electrons. The van der Waals surface area contributed by atoms with Gasteiger partial charge in [0.05, 0.1) is 0 Å². The Bertz CT molecular complexity index is 650. The van der Waals surface area contributed by atoms with Crippen LogP contribution in [0.25, 0.3) is 0 Å². The third-order valence-electron chi connectivity index (χ3n) is 6.22. The fourth-order valence-corrected chi connectivity index (χ4v) is 4.51. The molecular formula is C23H34N2O4. The highest BCUT2D eigenvalue weighted by Crippen LogP contribution is 2.38. The lowest BCUT2D eigenvalue weighted by atomic mass is 9.82. The molecule has 0 spiro atoms. The molecule has 0 atom stereocenters. The van der Waals surface area contributed by atoms with Gasteiger partial charge in [-0.15, -0.1) is 0 Å². The Hall–Kier alpha value is -2.08. The molecule has 0 unspecified atom stereocenters. The maximum Gasteiger partial charge on any atom is 0.408 e. The fourth-order valence-electron chi connectivity index (χ4n) is 4.51. The molecule has 1 heterocycles. The Morgan fingerprint density at radius 3 is 2.45 bits per heavy atom. The Morgan fingerprint density at radius 2 is 1.79 bits per heavy atom. The molecule has 160 valence electrons. The molecule has 3 rings (SSSR count). The lowest BCUT2D eigenvalue weighted by Crippen LogP contribution is -2.50.